The first kappa shape index (κ1) is 37.5. The normalized spacial score (nSPS) is 11.4. The van der Waals surface area contributed by atoms with Gasteiger partial charge in [-0.2, -0.15) is 10.5 Å². The lowest BCUT2D eigenvalue weighted by Gasteiger charge is -2.03. The number of amides is 1. The Bertz CT molecular complexity index is 2440. The Hall–Kier alpha value is -6.71. The van der Waals surface area contributed by atoms with E-state index in [1.807, 2.05) is 74.5 Å². The summed E-state index contributed by atoms with van der Waals surface area (Å²) in [5, 5.41) is 23.7. The van der Waals surface area contributed by atoms with E-state index in [1.165, 1.54) is 18.4 Å². The Labute approximate surface area is 311 Å². The minimum atomic E-state index is 0.614. The zero-order valence-electron chi connectivity index (χ0n) is 30.6. The van der Waals surface area contributed by atoms with E-state index >= 15 is 0 Å². The number of nitriles is 2. The van der Waals surface area contributed by atoms with Crippen molar-refractivity contribution in [2.24, 2.45) is 0 Å². The van der Waals surface area contributed by atoms with E-state index in [2.05, 4.69) is 76.3 Å². The largest absolute Gasteiger partial charge is 0.399 e. The van der Waals surface area contributed by atoms with Crippen LogP contribution in [0.15, 0.2) is 84.9 Å². The molecule has 0 spiro atoms. The number of aromatic nitrogens is 2. The third-order valence-electron chi connectivity index (χ3n) is 8.80. The first-order valence-corrected chi connectivity index (χ1v) is 17.6. The molecule has 2 aromatic heterocycles. The summed E-state index contributed by atoms with van der Waals surface area (Å²) in [6.07, 6.45) is 3.20. The number of nitrogens with two attached hydrogens (primary N) is 1. The summed E-state index contributed by atoms with van der Waals surface area (Å²) < 4.78 is 9.13. The Morgan fingerprint density at radius 1 is 0.698 bits per heavy atom. The lowest BCUT2D eigenvalue weighted by Crippen LogP contribution is -1.98. The van der Waals surface area contributed by atoms with Gasteiger partial charge in [0.25, 0.3) is 0 Å². The Morgan fingerprint density at radius 2 is 1.15 bits per heavy atom. The molecule has 3 N–H and O–H groups in total. The van der Waals surface area contributed by atoms with E-state index in [9.17, 15) is 15.3 Å². The SMILES string of the molecule is C1CCOC1.CCn1c(C#Cc2ccc(N)cc2)c(C#N)c2ccc(C)cc21.CCn1c(C#Cc2ccc(NC=O)cc2)c(C#N)c2ccc(C)cc21. The van der Waals surface area contributed by atoms with Crippen molar-refractivity contribution in [2.75, 3.05) is 24.3 Å². The molecule has 264 valence electrons. The van der Waals surface area contributed by atoms with Crippen molar-refractivity contribution >= 4 is 39.6 Å². The summed E-state index contributed by atoms with van der Waals surface area (Å²) >= 11 is 0. The van der Waals surface area contributed by atoms with E-state index in [0.717, 1.165) is 81.9 Å². The van der Waals surface area contributed by atoms with Gasteiger partial charge in [0.15, 0.2) is 0 Å². The Kier molecular flexibility index (Phi) is 12.7. The predicted octanol–water partition coefficient (Wildman–Crippen LogP) is 8.43. The molecule has 1 aliphatic heterocycles. The minimum absolute atomic E-state index is 0.614. The molecule has 0 atom stereocenters. The minimum Gasteiger partial charge on any atom is -0.399 e. The fourth-order valence-corrected chi connectivity index (χ4v) is 6.12. The molecule has 53 heavy (non-hydrogen) atoms. The average molecular weight is 699 g/mol. The van der Waals surface area contributed by atoms with E-state index in [0.29, 0.717) is 23.2 Å². The van der Waals surface area contributed by atoms with Crippen LogP contribution in [0, 0.1) is 60.2 Å². The average Bonchev–Trinajstić information content (AvgIpc) is 3.92. The molecule has 1 saturated heterocycles. The molecule has 0 bridgehead atoms. The van der Waals surface area contributed by atoms with Crippen LogP contribution in [0.3, 0.4) is 0 Å². The van der Waals surface area contributed by atoms with Crippen molar-refractivity contribution in [2.45, 2.75) is 53.6 Å². The van der Waals surface area contributed by atoms with Crippen molar-refractivity contribution in [3.63, 3.8) is 0 Å². The fraction of sp³-hybridized carbons (Fsp3) is 0.222. The third-order valence-corrected chi connectivity index (χ3v) is 8.80. The van der Waals surface area contributed by atoms with E-state index in [-0.39, 0.29) is 0 Å². The molecular weight excluding hydrogens is 657 g/mol. The third kappa shape index (κ3) is 8.97. The van der Waals surface area contributed by atoms with Crippen molar-refractivity contribution in [1.82, 2.24) is 9.13 Å². The predicted molar refractivity (Wildman–Crippen MR) is 213 cm³/mol. The summed E-state index contributed by atoms with van der Waals surface area (Å²) in [5.41, 5.74) is 16.0. The number of aryl methyl sites for hydroxylation is 4. The monoisotopic (exact) mass is 698 g/mol. The molecule has 8 heteroatoms. The van der Waals surface area contributed by atoms with Crippen LogP contribution in [-0.4, -0.2) is 28.8 Å². The molecule has 0 saturated carbocycles. The second kappa shape index (κ2) is 18.0. The van der Waals surface area contributed by atoms with Crippen molar-refractivity contribution in [1.29, 1.82) is 10.5 Å². The van der Waals surface area contributed by atoms with Crippen LogP contribution in [0.1, 0.15) is 71.5 Å². The van der Waals surface area contributed by atoms with Gasteiger partial charge in [-0.1, -0.05) is 36.1 Å². The van der Waals surface area contributed by atoms with Gasteiger partial charge < -0.3 is 24.9 Å². The van der Waals surface area contributed by atoms with Crippen LogP contribution in [0.4, 0.5) is 11.4 Å². The second-order valence-electron chi connectivity index (χ2n) is 12.5. The van der Waals surface area contributed by atoms with E-state index < -0.39 is 0 Å². The van der Waals surface area contributed by atoms with Gasteiger partial charge in [-0.15, -0.1) is 0 Å². The maximum absolute atomic E-state index is 10.4. The number of carbonyl (C=O) groups is 1. The zero-order chi connectivity index (χ0) is 37.7. The van der Waals surface area contributed by atoms with Gasteiger partial charge in [-0.3, -0.25) is 4.79 Å². The molecule has 0 unspecified atom stereocenters. The first-order valence-electron chi connectivity index (χ1n) is 17.6. The van der Waals surface area contributed by atoms with Gasteiger partial charge in [0.05, 0.1) is 22.2 Å². The lowest BCUT2D eigenvalue weighted by atomic mass is 10.1. The van der Waals surface area contributed by atoms with Crippen LogP contribution < -0.4 is 11.1 Å². The molecule has 1 amide bonds. The van der Waals surface area contributed by atoms with Gasteiger partial charge in [-0.25, -0.2) is 0 Å². The number of rotatable bonds is 4. The maximum atomic E-state index is 10.4. The first-order chi connectivity index (χ1) is 25.8. The quantitative estimate of drug-likeness (QED) is 0.109. The number of hydrogen-bond donors (Lipinski definition) is 2. The number of nitrogens with zero attached hydrogens (tertiary/aromatic N) is 4. The molecular formula is C45H42N6O2. The van der Waals surface area contributed by atoms with Gasteiger partial charge in [0.1, 0.15) is 23.5 Å². The second-order valence-corrected chi connectivity index (χ2v) is 12.5. The van der Waals surface area contributed by atoms with Crippen LogP contribution in [0.2, 0.25) is 0 Å². The number of carbonyl (C=O) groups excluding carboxylic acids is 1. The van der Waals surface area contributed by atoms with Crippen molar-refractivity contribution in [3.05, 3.63) is 130 Å². The molecule has 0 aliphatic carbocycles. The summed E-state index contributed by atoms with van der Waals surface area (Å²) in [4.78, 5) is 10.4. The number of ether oxygens (including phenoxy) is 1. The van der Waals surface area contributed by atoms with Crippen LogP contribution >= 0.6 is 0 Å². The summed E-state index contributed by atoms with van der Waals surface area (Å²) in [7, 11) is 0. The van der Waals surface area contributed by atoms with Crippen LogP contribution in [0.5, 0.6) is 0 Å². The molecule has 8 nitrogen and oxygen atoms in total. The molecule has 4 aromatic carbocycles. The molecule has 3 heterocycles. The summed E-state index contributed by atoms with van der Waals surface area (Å²) in [5.74, 6) is 12.6. The Balaban J connectivity index is 0.000000181. The van der Waals surface area contributed by atoms with Gasteiger partial charge in [-0.05, 0) is 124 Å². The highest BCUT2D eigenvalue weighted by molar-refractivity contribution is 5.91. The number of nitrogen functional groups attached to an aromatic ring is 1. The standard InChI is InChI=1S/C21H17N3O.C20H17N3.C4H8O/c1-3-24-20(11-7-16-5-8-17(9-6-16)23-14-25)19(13-22)18-10-4-15(2)12-21(18)24;1-3-23-19(11-7-15-5-8-16(22)9-6-15)18(13-21)17-10-4-14(2)12-20(17)23;1-2-4-5-3-1/h4-6,8-10,12,14H,3H2,1-2H3,(H,23,25);4-6,8-10,12H,3,22H2,1-2H3;1-4H2. The summed E-state index contributed by atoms with van der Waals surface area (Å²) in [6.45, 7) is 11.7. The Morgan fingerprint density at radius 3 is 1.53 bits per heavy atom. The molecule has 0 radical (unpaired) electrons. The maximum Gasteiger partial charge on any atom is 0.211 e. The van der Waals surface area contributed by atoms with Gasteiger partial charge in [0, 0.05) is 59.6 Å². The molecule has 6 aromatic rings. The number of hydrogen-bond acceptors (Lipinski definition) is 5. The molecule has 7 rings (SSSR count). The lowest BCUT2D eigenvalue weighted by molar-refractivity contribution is -0.105. The molecule has 1 fully saturated rings. The topological polar surface area (TPSA) is 122 Å². The van der Waals surface area contributed by atoms with Crippen molar-refractivity contribution < 1.29 is 9.53 Å². The summed E-state index contributed by atoms with van der Waals surface area (Å²) in [6, 6.07) is 31.5. The van der Waals surface area contributed by atoms with E-state index in [4.69, 9.17) is 10.5 Å². The van der Waals surface area contributed by atoms with Crippen LogP contribution in [-0.2, 0) is 22.6 Å². The highest BCUT2D eigenvalue weighted by atomic mass is 16.5. The smallest absolute Gasteiger partial charge is 0.211 e. The zero-order valence-corrected chi connectivity index (χ0v) is 30.6. The van der Waals surface area contributed by atoms with Crippen LogP contribution in [0.25, 0.3) is 21.8 Å². The van der Waals surface area contributed by atoms with E-state index in [1.54, 1.807) is 12.1 Å². The van der Waals surface area contributed by atoms with Gasteiger partial charge in [0.2, 0.25) is 6.41 Å². The number of nitrogens with one attached hydrogen (secondary N) is 1. The highest BCUT2D eigenvalue weighted by Crippen LogP contribution is 2.28. The molecule has 1 aliphatic rings. The number of benzene rings is 4. The highest BCUT2D eigenvalue weighted by Gasteiger charge is 2.16. The number of anilines is 2. The number of fused-ring (bicyclic) bond motifs is 2. The fourth-order valence-electron chi connectivity index (χ4n) is 6.12. The van der Waals surface area contributed by atoms with Gasteiger partial charge >= 0.3 is 0 Å². The van der Waals surface area contributed by atoms with Crippen molar-refractivity contribution in [3.8, 4) is 35.8 Å².